The summed E-state index contributed by atoms with van der Waals surface area (Å²) in [5.74, 6) is -0.417. The number of hydrogen-bond acceptors (Lipinski definition) is 5. The molecule has 0 aromatic rings. The molecule has 1 atom stereocenters. The van der Waals surface area contributed by atoms with E-state index in [4.69, 9.17) is 5.11 Å². The molecule has 7 nitrogen and oxygen atoms in total. The monoisotopic (exact) mass is 358 g/mol. The lowest BCUT2D eigenvalue weighted by atomic mass is 10.2. The van der Waals surface area contributed by atoms with E-state index in [2.05, 4.69) is 10.1 Å². The fraction of sp³-hybridized carbons (Fsp3) is 0.722. The molecule has 1 rings (SSSR count). The summed E-state index contributed by atoms with van der Waals surface area (Å²) < 4.78 is 4.65. The topological polar surface area (TPSA) is 95.9 Å². The van der Waals surface area contributed by atoms with Gasteiger partial charge < -0.3 is 15.2 Å². The minimum absolute atomic E-state index is 0.00926. The Balaban J connectivity index is 0. The molecule has 1 aliphatic rings. The Morgan fingerprint density at radius 1 is 1.20 bits per heavy atom. The number of carbonyl (C=O) groups is 3. The highest BCUT2D eigenvalue weighted by atomic mass is 16.5. The predicted molar refractivity (Wildman–Crippen MR) is 97.9 cm³/mol. The van der Waals surface area contributed by atoms with Crippen molar-refractivity contribution >= 4 is 17.7 Å². The number of nitrogens with one attached hydrogen (secondary N) is 1. The first-order chi connectivity index (χ1) is 12.0. The molecule has 0 saturated carbocycles. The van der Waals surface area contributed by atoms with Gasteiger partial charge >= 0.3 is 0 Å². The zero-order valence-electron chi connectivity index (χ0n) is 16.2. The Morgan fingerprint density at radius 2 is 1.76 bits per heavy atom. The number of hydrogen-bond donors (Lipinski definition) is 2. The van der Waals surface area contributed by atoms with Crippen molar-refractivity contribution in [2.24, 2.45) is 0 Å². The average Bonchev–Trinajstić information content (AvgIpc) is 2.95. The number of amides is 3. The number of rotatable bonds is 9. The standard InChI is InChI=1S/C12H18N2O3.C4H10O2.C2H6/c1-2-13-10(15)6-4-3-5-9-14-11(16)7-8-12(14)17;1-4(3-5)6-2;1-2/h7-8H,2-6,9H2,1H3,(H,13,15);4-5H,3H2,1-2H3;1-2H3. The zero-order chi connectivity index (χ0) is 19.7. The second-order valence-electron chi connectivity index (χ2n) is 5.15. The van der Waals surface area contributed by atoms with Crippen LogP contribution in [0, 0.1) is 0 Å². The molecule has 0 radical (unpaired) electrons. The quantitative estimate of drug-likeness (QED) is 0.483. The summed E-state index contributed by atoms with van der Waals surface area (Å²) in [5.41, 5.74) is 0. The lowest BCUT2D eigenvalue weighted by Crippen LogP contribution is -2.30. The van der Waals surface area contributed by atoms with Crippen LogP contribution in [0.3, 0.4) is 0 Å². The highest BCUT2D eigenvalue weighted by Crippen LogP contribution is 2.07. The number of methoxy groups -OCH3 is 1. The Bertz CT molecular complexity index is 388. The first-order valence-corrected chi connectivity index (χ1v) is 8.90. The number of imide groups is 1. The second-order valence-corrected chi connectivity index (χ2v) is 5.15. The van der Waals surface area contributed by atoms with Crippen LogP contribution in [0.1, 0.15) is 53.4 Å². The van der Waals surface area contributed by atoms with E-state index < -0.39 is 0 Å². The molecule has 2 N–H and O–H groups in total. The maximum Gasteiger partial charge on any atom is 0.253 e. The number of nitrogens with zero attached hydrogens (tertiary/aromatic N) is 1. The third-order valence-electron chi connectivity index (χ3n) is 3.22. The molecule has 1 heterocycles. The van der Waals surface area contributed by atoms with Gasteiger partial charge in [-0.25, -0.2) is 0 Å². The van der Waals surface area contributed by atoms with Gasteiger partial charge in [-0.2, -0.15) is 0 Å². The van der Waals surface area contributed by atoms with Crippen molar-refractivity contribution in [2.75, 3.05) is 26.8 Å². The summed E-state index contributed by atoms with van der Waals surface area (Å²) >= 11 is 0. The molecule has 146 valence electrons. The van der Waals surface area contributed by atoms with Crippen molar-refractivity contribution in [3.05, 3.63) is 12.2 Å². The molecule has 7 heteroatoms. The smallest absolute Gasteiger partial charge is 0.253 e. The maximum absolute atomic E-state index is 11.2. The molecule has 0 aromatic carbocycles. The Kier molecular flexibility index (Phi) is 17.5. The first kappa shape index (κ1) is 25.5. The minimum Gasteiger partial charge on any atom is -0.394 e. The first-order valence-electron chi connectivity index (χ1n) is 8.90. The number of ether oxygens (including phenoxy) is 1. The van der Waals surface area contributed by atoms with Gasteiger partial charge in [0.1, 0.15) is 0 Å². The molecular weight excluding hydrogens is 324 g/mol. The van der Waals surface area contributed by atoms with Gasteiger partial charge in [0.25, 0.3) is 11.8 Å². The lowest BCUT2D eigenvalue weighted by molar-refractivity contribution is -0.136. The fourth-order valence-electron chi connectivity index (χ4n) is 1.74. The lowest BCUT2D eigenvalue weighted by Gasteiger charge is -2.12. The molecule has 0 saturated heterocycles. The van der Waals surface area contributed by atoms with Crippen molar-refractivity contribution < 1.29 is 24.2 Å². The van der Waals surface area contributed by atoms with Crippen molar-refractivity contribution in [1.82, 2.24) is 10.2 Å². The normalized spacial score (nSPS) is 13.6. The molecule has 0 spiro atoms. The van der Waals surface area contributed by atoms with Crippen LogP contribution in [0.2, 0.25) is 0 Å². The van der Waals surface area contributed by atoms with E-state index in [1.54, 1.807) is 14.0 Å². The predicted octanol–water partition coefficient (Wildman–Crippen LogP) is 1.65. The molecule has 0 bridgehead atoms. The fourth-order valence-corrected chi connectivity index (χ4v) is 1.74. The van der Waals surface area contributed by atoms with Gasteiger partial charge in [0.05, 0.1) is 12.7 Å². The molecule has 3 amide bonds. The van der Waals surface area contributed by atoms with Crippen molar-refractivity contribution in [3.63, 3.8) is 0 Å². The zero-order valence-corrected chi connectivity index (χ0v) is 16.2. The van der Waals surface area contributed by atoms with Crippen LogP contribution < -0.4 is 5.32 Å². The summed E-state index contributed by atoms with van der Waals surface area (Å²) in [4.78, 5) is 34.7. The molecule has 25 heavy (non-hydrogen) atoms. The summed E-state index contributed by atoms with van der Waals surface area (Å²) in [6.07, 6.45) is 5.45. The molecule has 0 aliphatic carbocycles. The van der Waals surface area contributed by atoms with Gasteiger partial charge in [-0.05, 0) is 26.7 Å². The van der Waals surface area contributed by atoms with E-state index >= 15 is 0 Å². The van der Waals surface area contributed by atoms with Gasteiger partial charge in [-0.15, -0.1) is 0 Å². The van der Waals surface area contributed by atoms with E-state index in [0.29, 0.717) is 19.5 Å². The Labute approximate surface area is 151 Å². The highest BCUT2D eigenvalue weighted by molar-refractivity contribution is 6.12. The number of unbranched alkanes of at least 4 members (excludes halogenated alkanes) is 2. The second kappa shape index (κ2) is 17.1. The largest absolute Gasteiger partial charge is 0.394 e. The third-order valence-corrected chi connectivity index (χ3v) is 3.22. The van der Waals surface area contributed by atoms with Crippen LogP contribution >= 0.6 is 0 Å². The maximum atomic E-state index is 11.2. The molecular formula is C18H34N2O5. The van der Waals surface area contributed by atoms with Gasteiger partial charge in [0, 0.05) is 38.8 Å². The van der Waals surface area contributed by atoms with Crippen LogP contribution in [0.4, 0.5) is 0 Å². The number of carbonyl (C=O) groups excluding carboxylic acids is 3. The van der Waals surface area contributed by atoms with Gasteiger partial charge in [-0.3, -0.25) is 19.3 Å². The van der Waals surface area contributed by atoms with Gasteiger partial charge in [0.15, 0.2) is 0 Å². The molecule has 1 aliphatic heterocycles. The van der Waals surface area contributed by atoms with Crippen molar-refractivity contribution in [2.45, 2.75) is 59.5 Å². The third kappa shape index (κ3) is 13.3. The van der Waals surface area contributed by atoms with Crippen LogP contribution in [-0.2, 0) is 19.1 Å². The summed E-state index contributed by atoms with van der Waals surface area (Å²) in [6, 6.07) is 0. The van der Waals surface area contributed by atoms with E-state index in [1.807, 2.05) is 20.8 Å². The van der Waals surface area contributed by atoms with Crippen molar-refractivity contribution in [1.29, 1.82) is 0 Å². The van der Waals surface area contributed by atoms with Crippen molar-refractivity contribution in [3.8, 4) is 0 Å². The van der Waals surface area contributed by atoms with E-state index in [9.17, 15) is 14.4 Å². The Hall–Kier alpha value is -1.73. The molecule has 0 fully saturated rings. The number of aliphatic hydroxyl groups excluding tert-OH is 1. The summed E-state index contributed by atoms with van der Waals surface area (Å²) in [5, 5.41) is 10.9. The van der Waals surface area contributed by atoms with Crippen LogP contribution in [0.15, 0.2) is 12.2 Å². The van der Waals surface area contributed by atoms with Crippen LogP contribution in [0.25, 0.3) is 0 Å². The highest BCUT2D eigenvalue weighted by Gasteiger charge is 2.22. The number of aliphatic hydroxyl groups is 1. The Morgan fingerprint density at radius 3 is 2.16 bits per heavy atom. The molecule has 1 unspecified atom stereocenters. The molecule has 0 aromatic heterocycles. The van der Waals surface area contributed by atoms with Gasteiger partial charge in [0.2, 0.25) is 5.91 Å². The van der Waals surface area contributed by atoms with E-state index in [0.717, 1.165) is 19.3 Å². The minimum atomic E-state index is -0.237. The van der Waals surface area contributed by atoms with E-state index in [1.165, 1.54) is 17.1 Å². The van der Waals surface area contributed by atoms with E-state index in [-0.39, 0.29) is 30.4 Å². The van der Waals surface area contributed by atoms with Crippen LogP contribution in [-0.4, -0.2) is 60.6 Å². The SMILES string of the molecule is CC.CCNC(=O)CCCCCN1C(=O)C=CC1=O.COC(C)CO. The van der Waals surface area contributed by atoms with Gasteiger partial charge in [-0.1, -0.05) is 20.3 Å². The summed E-state index contributed by atoms with van der Waals surface area (Å²) in [7, 11) is 1.57. The average molecular weight is 358 g/mol. The van der Waals surface area contributed by atoms with Crippen LogP contribution in [0.5, 0.6) is 0 Å². The summed E-state index contributed by atoms with van der Waals surface area (Å²) in [6.45, 7) is 8.90.